The number of hydrogen-bond donors (Lipinski definition) is 0. The van der Waals surface area contributed by atoms with Crippen LogP contribution in [0.2, 0.25) is 0 Å². The van der Waals surface area contributed by atoms with Gasteiger partial charge in [-0.15, -0.1) is 0 Å². The lowest BCUT2D eigenvalue weighted by atomic mass is 10.3. The van der Waals surface area contributed by atoms with E-state index in [0.29, 0.717) is 0 Å². The molecule has 0 unspecified atom stereocenters. The van der Waals surface area contributed by atoms with Gasteiger partial charge in [0.2, 0.25) is 12.7 Å². The van der Waals surface area contributed by atoms with Crippen LogP contribution in [-0.2, 0) is 0 Å². The summed E-state index contributed by atoms with van der Waals surface area (Å²) in [4.78, 5) is 3.74. The molecule has 0 N–H and O–H groups in total. The molecular formula is C7H7FNO. The second-order valence-electron chi connectivity index (χ2n) is 1.76. The molecule has 0 aliphatic rings. The third-order valence-electron chi connectivity index (χ3n) is 1.00. The number of aromatic nitrogens is 1. The quantitative estimate of drug-likeness (QED) is 0.622. The molecule has 10 heavy (non-hydrogen) atoms. The Morgan fingerprint density at radius 1 is 1.60 bits per heavy atom. The first-order chi connectivity index (χ1) is 4.83. The van der Waals surface area contributed by atoms with Gasteiger partial charge in [-0.25, -0.2) is 9.37 Å². The Hall–Kier alpha value is -1.12. The van der Waals surface area contributed by atoms with E-state index in [9.17, 15) is 4.39 Å². The van der Waals surface area contributed by atoms with Crippen LogP contribution >= 0.6 is 0 Å². The van der Waals surface area contributed by atoms with Crippen molar-refractivity contribution in [3.05, 3.63) is 30.8 Å². The molecule has 0 spiro atoms. The van der Waals surface area contributed by atoms with E-state index < -0.39 is 6.86 Å². The third-order valence-corrected chi connectivity index (χ3v) is 1.00. The van der Waals surface area contributed by atoms with Gasteiger partial charge in [0.15, 0.2) is 0 Å². The summed E-state index contributed by atoms with van der Waals surface area (Å²) in [6.07, 6.45) is 1.52. The summed E-state index contributed by atoms with van der Waals surface area (Å²) in [6.45, 7) is 2.77. The number of nitrogens with zero attached hydrogens (tertiary/aromatic N) is 1. The van der Waals surface area contributed by atoms with Crippen molar-refractivity contribution in [2.45, 2.75) is 0 Å². The molecule has 0 amide bonds. The van der Waals surface area contributed by atoms with Crippen molar-refractivity contribution in [2.75, 3.05) is 6.86 Å². The maximum atomic E-state index is 11.5. The highest BCUT2D eigenvalue weighted by Crippen LogP contribution is 2.05. The van der Waals surface area contributed by atoms with E-state index in [-0.39, 0.29) is 5.88 Å². The SMILES string of the molecule is [CH2]c1ccc(OCF)nc1. The van der Waals surface area contributed by atoms with Crippen LogP contribution in [0.15, 0.2) is 18.3 Å². The van der Waals surface area contributed by atoms with Crippen LogP contribution in [0.4, 0.5) is 4.39 Å². The van der Waals surface area contributed by atoms with E-state index in [1.807, 2.05) is 0 Å². The van der Waals surface area contributed by atoms with Crippen molar-refractivity contribution in [1.29, 1.82) is 0 Å². The first kappa shape index (κ1) is 6.99. The Balaban J connectivity index is 2.69. The average Bonchev–Trinajstić information content (AvgIpc) is 1.95. The van der Waals surface area contributed by atoms with Crippen LogP contribution in [0.5, 0.6) is 5.88 Å². The molecule has 1 rings (SSSR count). The maximum absolute atomic E-state index is 11.5. The molecule has 3 heteroatoms. The number of rotatable bonds is 2. The normalized spacial score (nSPS) is 9.40. The van der Waals surface area contributed by atoms with Crippen LogP contribution < -0.4 is 4.74 Å². The van der Waals surface area contributed by atoms with Gasteiger partial charge in [-0.2, -0.15) is 0 Å². The Morgan fingerprint density at radius 3 is 2.90 bits per heavy atom. The van der Waals surface area contributed by atoms with Gasteiger partial charge in [0.05, 0.1) is 0 Å². The first-order valence-electron chi connectivity index (χ1n) is 2.79. The zero-order valence-corrected chi connectivity index (χ0v) is 5.38. The standard InChI is InChI=1S/C7H7FNO/c1-6-2-3-7(9-4-6)10-5-8/h2-4H,1,5H2. The van der Waals surface area contributed by atoms with Crippen LogP contribution in [-0.4, -0.2) is 11.8 Å². The monoisotopic (exact) mass is 140 g/mol. The van der Waals surface area contributed by atoms with E-state index in [1.54, 1.807) is 12.1 Å². The molecular weight excluding hydrogens is 133 g/mol. The van der Waals surface area contributed by atoms with Crippen molar-refractivity contribution < 1.29 is 9.13 Å². The van der Waals surface area contributed by atoms with Gasteiger partial charge in [-0.3, -0.25) is 0 Å². The molecule has 0 aliphatic heterocycles. The summed E-state index contributed by atoms with van der Waals surface area (Å²) in [5.41, 5.74) is 0.784. The zero-order valence-electron chi connectivity index (χ0n) is 5.38. The van der Waals surface area contributed by atoms with Crippen LogP contribution in [0.25, 0.3) is 0 Å². The van der Waals surface area contributed by atoms with Crippen LogP contribution in [0.1, 0.15) is 5.56 Å². The molecule has 0 bridgehead atoms. The number of hydrogen-bond acceptors (Lipinski definition) is 2. The molecule has 0 saturated heterocycles. The lowest BCUT2D eigenvalue weighted by molar-refractivity contribution is 0.184. The highest BCUT2D eigenvalue weighted by atomic mass is 19.1. The van der Waals surface area contributed by atoms with E-state index in [2.05, 4.69) is 16.6 Å². The molecule has 0 aliphatic carbocycles. The Bertz CT molecular complexity index is 197. The van der Waals surface area contributed by atoms with E-state index in [1.165, 1.54) is 6.20 Å². The topological polar surface area (TPSA) is 22.1 Å². The zero-order chi connectivity index (χ0) is 7.40. The van der Waals surface area contributed by atoms with Gasteiger partial charge in [0.1, 0.15) is 0 Å². The minimum atomic E-state index is -0.844. The van der Waals surface area contributed by atoms with Crippen molar-refractivity contribution in [1.82, 2.24) is 4.98 Å². The first-order valence-corrected chi connectivity index (χ1v) is 2.79. The maximum Gasteiger partial charge on any atom is 0.230 e. The summed E-state index contributed by atoms with van der Waals surface area (Å²) < 4.78 is 16.0. The van der Waals surface area contributed by atoms with Crippen molar-refractivity contribution >= 4 is 0 Å². The number of halogens is 1. The van der Waals surface area contributed by atoms with Gasteiger partial charge in [-0.05, 0) is 12.5 Å². The molecule has 53 valence electrons. The fourth-order valence-electron chi connectivity index (χ4n) is 0.552. The highest BCUT2D eigenvalue weighted by molar-refractivity contribution is 5.19. The molecule has 2 nitrogen and oxygen atoms in total. The van der Waals surface area contributed by atoms with E-state index >= 15 is 0 Å². The lowest BCUT2D eigenvalue weighted by Crippen LogP contribution is -1.92. The Morgan fingerprint density at radius 2 is 2.40 bits per heavy atom. The van der Waals surface area contributed by atoms with Crippen LogP contribution in [0, 0.1) is 6.92 Å². The number of ether oxygens (including phenoxy) is 1. The Labute approximate surface area is 58.7 Å². The molecule has 0 atom stereocenters. The summed E-state index contributed by atoms with van der Waals surface area (Å²) in [5.74, 6) is 0.287. The average molecular weight is 140 g/mol. The van der Waals surface area contributed by atoms with Crippen molar-refractivity contribution in [3.8, 4) is 5.88 Å². The van der Waals surface area contributed by atoms with E-state index in [0.717, 1.165) is 5.56 Å². The fraction of sp³-hybridized carbons (Fsp3) is 0.143. The van der Waals surface area contributed by atoms with Crippen molar-refractivity contribution in [3.63, 3.8) is 0 Å². The lowest BCUT2D eigenvalue weighted by Gasteiger charge is -1.97. The fourth-order valence-corrected chi connectivity index (χ4v) is 0.552. The van der Waals surface area contributed by atoms with Gasteiger partial charge in [0, 0.05) is 12.3 Å². The van der Waals surface area contributed by atoms with Crippen LogP contribution in [0.3, 0.4) is 0 Å². The number of pyridine rings is 1. The molecule has 1 aromatic heterocycles. The molecule has 0 saturated carbocycles. The third kappa shape index (κ3) is 1.69. The smallest absolute Gasteiger partial charge is 0.230 e. The molecule has 0 aromatic carbocycles. The predicted molar refractivity (Wildman–Crippen MR) is 35.3 cm³/mol. The summed E-state index contributed by atoms with van der Waals surface area (Å²) >= 11 is 0. The van der Waals surface area contributed by atoms with Gasteiger partial charge < -0.3 is 4.74 Å². The second kappa shape index (κ2) is 3.15. The minimum absolute atomic E-state index is 0.287. The van der Waals surface area contributed by atoms with Gasteiger partial charge in [0.25, 0.3) is 0 Å². The van der Waals surface area contributed by atoms with Crippen molar-refractivity contribution in [2.24, 2.45) is 0 Å². The molecule has 0 fully saturated rings. The summed E-state index contributed by atoms with van der Waals surface area (Å²) in [5, 5.41) is 0. The van der Waals surface area contributed by atoms with Gasteiger partial charge >= 0.3 is 0 Å². The number of alkyl halides is 1. The summed E-state index contributed by atoms with van der Waals surface area (Å²) in [6, 6.07) is 3.28. The highest BCUT2D eigenvalue weighted by Gasteiger charge is 1.90. The minimum Gasteiger partial charge on any atom is -0.446 e. The second-order valence-corrected chi connectivity index (χ2v) is 1.76. The Kier molecular flexibility index (Phi) is 2.20. The molecule has 1 heterocycles. The predicted octanol–water partition coefficient (Wildman–Crippen LogP) is 1.57. The molecule has 1 radical (unpaired) electrons. The summed E-state index contributed by atoms with van der Waals surface area (Å²) in [7, 11) is 0. The van der Waals surface area contributed by atoms with E-state index in [4.69, 9.17) is 0 Å². The largest absolute Gasteiger partial charge is 0.446 e. The van der Waals surface area contributed by atoms with Gasteiger partial charge in [-0.1, -0.05) is 6.07 Å². The molecule has 1 aromatic rings.